The average Bonchev–Trinajstić information content (AvgIpc) is 2.71. The molecule has 3 rings (SSSR count). The molecule has 1 unspecified atom stereocenters. The maximum atomic E-state index is 12.3. The van der Waals surface area contributed by atoms with E-state index in [1.165, 1.54) is 18.1 Å². The van der Waals surface area contributed by atoms with Gasteiger partial charge in [0.1, 0.15) is 12.3 Å². The van der Waals surface area contributed by atoms with Gasteiger partial charge in [-0.05, 0) is 22.3 Å². The van der Waals surface area contributed by atoms with Crippen LogP contribution in [0.4, 0.5) is 16.2 Å². The number of nitrogens with one attached hydrogen (secondary N) is 2. The molecule has 0 radical (unpaired) electrons. The lowest BCUT2D eigenvalue weighted by molar-refractivity contribution is -0.136. The van der Waals surface area contributed by atoms with Crippen LogP contribution in [0.1, 0.15) is 12.5 Å². The third-order valence-corrected chi connectivity index (χ3v) is 4.89. The number of hydrazine groups is 1. The molecule has 1 heterocycles. The molecular formula is C20H23ClN5O3+. The van der Waals surface area contributed by atoms with E-state index >= 15 is 0 Å². The molecule has 0 aromatic heterocycles. The number of hydroxylamine groups is 2. The highest BCUT2D eigenvalue weighted by atomic mass is 35.5. The van der Waals surface area contributed by atoms with Crippen LogP contribution < -0.4 is 21.1 Å². The van der Waals surface area contributed by atoms with Crippen molar-refractivity contribution in [1.29, 1.82) is 0 Å². The lowest BCUT2D eigenvalue weighted by Crippen LogP contribution is -2.55. The van der Waals surface area contributed by atoms with Gasteiger partial charge >= 0.3 is 6.03 Å². The minimum absolute atomic E-state index is 0.0662. The smallest absolute Gasteiger partial charge is 0.352 e. The Morgan fingerprint density at radius 3 is 2.66 bits per heavy atom. The number of para-hydroxylation sites is 2. The number of primary amides is 1. The van der Waals surface area contributed by atoms with Crippen molar-refractivity contribution in [3.63, 3.8) is 0 Å². The maximum absolute atomic E-state index is 12.3. The van der Waals surface area contributed by atoms with Crippen molar-refractivity contribution in [1.82, 2.24) is 15.1 Å². The van der Waals surface area contributed by atoms with Gasteiger partial charge in [0, 0.05) is 24.6 Å². The zero-order chi connectivity index (χ0) is 20.9. The van der Waals surface area contributed by atoms with Crippen LogP contribution in [0.5, 0.6) is 0 Å². The molecule has 2 aromatic rings. The highest BCUT2D eigenvalue weighted by Crippen LogP contribution is 2.35. The number of nitrogens with two attached hydrogens (primary N) is 1. The molecule has 1 aliphatic rings. The highest BCUT2D eigenvalue weighted by Gasteiger charge is 2.42. The van der Waals surface area contributed by atoms with Crippen LogP contribution in [0.3, 0.4) is 0 Å². The van der Waals surface area contributed by atoms with Crippen LogP contribution in [0, 0.1) is 0 Å². The van der Waals surface area contributed by atoms with Crippen LogP contribution in [-0.2, 0) is 16.2 Å². The zero-order valence-corrected chi connectivity index (χ0v) is 16.7. The third kappa shape index (κ3) is 4.57. The molecule has 0 aliphatic carbocycles. The molecule has 152 valence electrons. The Balaban J connectivity index is 1.67. The maximum Gasteiger partial charge on any atom is 0.456 e. The molecule has 0 saturated carbocycles. The molecule has 8 nitrogen and oxygen atoms in total. The first-order valence-corrected chi connectivity index (χ1v) is 9.44. The lowest BCUT2D eigenvalue weighted by atomic mass is 10.2. The second-order valence-corrected chi connectivity index (χ2v) is 6.81. The molecule has 0 spiro atoms. The number of anilines is 1. The van der Waals surface area contributed by atoms with Crippen LogP contribution in [0.25, 0.3) is 0 Å². The summed E-state index contributed by atoms with van der Waals surface area (Å²) in [7, 11) is 0. The van der Waals surface area contributed by atoms with Gasteiger partial charge in [-0.15, -0.1) is 0 Å². The summed E-state index contributed by atoms with van der Waals surface area (Å²) in [6, 6.07) is 13.9. The molecule has 3 amide bonds. The van der Waals surface area contributed by atoms with E-state index in [2.05, 4.69) is 10.7 Å². The Kier molecular flexibility index (Phi) is 6.50. The Bertz CT molecular complexity index is 936. The summed E-state index contributed by atoms with van der Waals surface area (Å²) < 4.78 is -0.598. The van der Waals surface area contributed by atoms with Crippen molar-refractivity contribution in [3.05, 3.63) is 71.5 Å². The van der Waals surface area contributed by atoms with Crippen molar-refractivity contribution < 1.29 is 14.4 Å². The second kappa shape index (κ2) is 9.06. The van der Waals surface area contributed by atoms with E-state index in [9.17, 15) is 9.59 Å². The Morgan fingerprint density at radius 2 is 1.93 bits per heavy atom. The number of hydrogen-bond donors (Lipinski definition) is 3. The number of rotatable bonds is 7. The summed E-state index contributed by atoms with van der Waals surface area (Å²) in [6.07, 6.45) is 3.13. The summed E-state index contributed by atoms with van der Waals surface area (Å²) in [4.78, 5) is 30.2. The lowest BCUT2D eigenvalue weighted by Gasteiger charge is -2.31. The highest BCUT2D eigenvalue weighted by molar-refractivity contribution is 6.31. The summed E-state index contributed by atoms with van der Waals surface area (Å²) in [5.74, 6) is -0.192. The number of nitrogens with zero attached hydrogens (tertiary/aromatic N) is 2. The van der Waals surface area contributed by atoms with Crippen molar-refractivity contribution in [2.45, 2.75) is 13.5 Å². The van der Waals surface area contributed by atoms with Gasteiger partial charge in [0.25, 0.3) is 0 Å². The molecule has 4 N–H and O–H groups in total. The minimum Gasteiger partial charge on any atom is -0.352 e. The van der Waals surface area contributed by atoms with Crippen LogP contribution in [-0.4, -0.2) is 30.1 Å². The quantitative estimate of drug-likeness (QED) is 0.476. The predicted octanol–water partition coefficient (Wildman–Crippen LogP) is 3.11. The number of carbonyl (C=O) groups excluding carboxylic acids is 2. The number of benzene rings is 2. The van der Waals surface area contributed by atoms with E-state index in [-0.39, 0.29) is 19.1 Å². The van der Waals surface area contributed by atoms with E-state index in [1.54, 1.807) is 24.4 Å². The number of amides is 3. The summed E-state index contributed by atoms with van der Waals surface area (Å²) >= 11 is 6.16. The van der Waals surface area contributed by atoms with Gasteiger partial charge in [-0.25, -0.2) is 10.2 Å². The van der Waals surface area contributed by atoms with Crippen molar-refractivity contribution in [3.8, 4) is 0 Å². The monoisotopic (exact) mass is 416 g/mol. The Labute approximate surface area is 174 Å². The first-order chi connectivity index (χ1) is 13.9. The Hall–Kier alpha value is -2.91. The minimum atomic E-state index is -0.686. The fraction of sp³-hybridized carbons (Fsp3) is 0.200. The number of urea groups is 1. The van der Waals surface area contributed by atoms with E-state index in [0.29, 0.717) is 22.9 Å². The van der Waals surface area contributed by atoms with Gasteiger partial charge in [-0.3, -0.25) is 9.80 Å². The van der Waals surface area contributed by atoms with Crippen LogP contribution in [0.15, 0.2) is 60.9 Å². The van der Waals surface area contributed by atoms with Gasteiger partial charge in [-0.2, -0.15) is 4.84 Å². The van der Waals surface area contributed by atoms with E-state index in [1.807, 2.05) is 30.3 Å². The number of carbonyl (C=O) groups is 2. The van der Waals surface area contributed by atoms with Crippen molar-refractivity contribution in [2.24, 2.45) is 5.73 Å². The number of quaternary nitrogens is 1. The molecule has 2 aromatic carbocycles. The summed E-state index contributed by atoms with van der Waals surface area (Å²) in [6.45, 7) is 2.09. The third-order valence-electron chi connectivity index (χ3n) is 4.52. The molecule has 29 heavy (non-hydrogen) atoms. The van der Waals surface area contributed by atoms with E-state index < -0.39 is 10.7 Å². The number of hydrogen-bond acceptors (Lipinski definition) is 5. The van der Waals surface area contributed by atoms with Crippen LogP contribution >= 0.6 is 11.6 Å². The molecular weight excluding hydrogens is 394 g/mol. The fourth-order valence-corrected chi connectivity index (χ4v) is 3.21. The summed E-state index contributed by atoms with van der Waals surface area (Å²) in [5.41, 5.74) is 10.9. The van der Waals surface area contributed by atoms with Gasteiger partial charge in [-0.1, -0.05) is 41.9 Å². The van der Waals surface area contributed by atoms with Crippen LogP contribution in [0.2, 0.25) is 5.02 Å². The van der Waals surface area contributed by atoms with E-state index in [0.717, 1.165) is 5.56 Å². The Morgan fingerprint density at radius 1 is 1.21 bits per heavy atom. The fourth-order valence-electron chi connectivity index (χ4n) is 3.01. The first-order valence-electron chi connectivity index (χ1n) is 9.06. The number of fused-ring (bicyclic) bond motifs is 1. The topological polar surface area (TPSA) is 96.7 Å². The van der Waals surface area contributed by atoms with Gasteiger partial charge < -0.3 is 11.1 Å². The molecule has 0 fully saturated rings. The molecule has 0 bridgehead atoms. The van der Waals surface area contributed by atoms with Gasteiger partial charge in [0.05, 0.1) is 12.7 Å². The average molecular weight is 417 g/mol. The zero-order valence-electron chi connectivity index (χ0n) is 16.0. The SMILES string of the molecule is CC(=O)N(CCO[N+]1(C(N)=O)C=CNc2ccccc21)NCc1ccccc1Cl. The van der Waals surface area contributed by atoms with Crippen molar-refractivity contribution in [2.75, 3.05) is 18.5 Å². The molecule has 1 aliphatic heterocycles. The van der Waals surface area contributed by atoms with E-state index in [4.69, 9.17) is 22.2 Å². The standard InChI is InChI=1S/C20H22ClN5O3/c1-15(27)25(24-14-16-6-2-3-7-17(16)21)11-13-29-26(20(22)28)12-10-23-18-8-4-5-9-19(18)26/h2-10,12,23-24H,11,13-14H2,1H3,(H-,22,28)/p+1. The van der Waals surface area contributed by atoms with Gasteiger partial charge in [0.2, 0.25) is 11.6 Å². The number of halogens is 1. The molecule has 1 atom stereocenters. The molecule has 0 saturated heterocycles. The largest absolute Gasteiger partial charge is 0.456 e. The second-order valence-electron chi connectivity index (χ2n) is 6.40. The molecule has 9 heteroatoms. The normalized spacial score (nSPS) is 17.3. The first kappa shape index (κ1) is 20.8. The van der Waals surface area contributed by atoms with Crippen molar-refractivity contribution >= 4 is 34.9 Å². The summed E-state index contributed by atoms with van der Waals surface area (Å²) in [5, 5.41) is 5.09. The predicted molar refractivity (Wildman–Crippen MR) is 112 cm³/mol. The van der Waals surface area contributed by atoms with Gasteiger partial charge in [0.15, 0.2) is 6.20 Å².